The quantitative estimate of drug-likeness (QED) is 0.608. The highest BCUT2D eigenvalue weighted by Gasteiger charge is 2.13. The summed E-state index contributed by atoms with van der Waals surface area (Å²) >= 11 is 0. The van der Waals surface area contributed by atoms with E-state index in [0.29, 0.717) is 5.76 Å². The zero-order chi connectivity index (χ0) is 15.1. The van der Waals surface area contributed by atoms with Gasteiger partial charge in [-0.1, -0.05) is 24.3 Å². The molecule has 2 aromatic carbocycles. The number of aromatic amines is 1. The normalized spacial score (nSPS) is 11.3. The predicted octanol–water partition coefficient (Wildman–Crippen LogP) is 3.00. The highest BCUT2D eigenvalue weighted by Crippen LogP contribution is 2.31. The average molecular weight is 291 g/mol. The Balaban J connectivity index is 1.88. The van der Waals surface area contributed by atoms with Crippen molar-refractivity contribution in [2.75, 3.05) is 0 Å². The fraction of sp³-hybridized carbons (Fsp3) is 0.0588. The molecule has 0 atom stereocenters. The number of hydrogen-bond acceptors (Lipinski definition) is 3. The Morgan fingerprint density at radius 2 is 2.05 bits per heavy atom. The van der Waals surface area contributed by atoms with Crippen molar-refractivity contribution in [3.8, 4) is 11.5 Å². The number of H-pyrrole nitrogens is 1. The van der Waals surface area contributed by atoms with Gasteiger partial charge >= 0.3 is 0 Å². The van der Waals surface area contributed by atoms with Gasteiger partial charge in [-0.05, 0) is 29.8 Å². The zero-order valence-electron chi connectivity index (χ0n) is 11.7. The molecule has 108 valence electrons. The van der Waals surface area contributed by atoms with Gasteiger partial charge in [0.05, 0.1) is 11.9 Å². The van der Waals surface area contributed by atoms with E-state index >= 15 is 0 Å². The van der Waals surface area contributed by atoms with E-state index in [9.17, 15) is 4.79 Å². The molecule has 3 N–H and O–H groups in total. The van der Waals surface area contributed by atoms with Crippen LogP contribution in [0.25, 0.3) is 33.3 Å². The number of aromatic nitrogens is 2. The van der Waals surface area contributed by atoms with Crippen molar-refractivity contribution in [3.63, 3.8) is 0 Å². The number of fused-ring (bicyclic) bond motifs is 2. The minimum atomic E-state index is -0.354. The van der Waals surface area contributed by atoms with Crippen LogP contribution in [0.5, 0.6) is 0 Å². The fourth-order valence-electron chi connectivity index (χ4n) is 2.66. The van der Waals surface area contributed by atoms with E-state index in [2.05, 4.69) is 10.2 Å². The summed E-state index contributed by atoms with van der Waals surface area (Å²) in [5.74, 6) is 0.344. The molecule has 0 fully saturated rings. The van der Waals surface area contributed by atoms with Gasteiger partial charge in [-0.15, -0.1) is 0 Å². The Bertz CT molecular complexity index is 964. The van der Waals surface area contributed by atoms with Crippen LogP contribution < -0.4 is 5.73 Å². The number of para-hydroxylation sites is 1. The van der Waals surface area contributed by atoms with E-state index in [1.54, 1.807) is 0 Å². The Hall–Kier alpha value is -3.08. The number of nitrogens with two attached hydrogens (primary N) is 1. The first kappa shape index (κ1) is 12.6. The van der Waals surface area contributed by atoms with Gasteiger partial charge in [0.2, 0.25) is 5.91 Å². The van der Waals surface area contributed by atoms with Crippen LogP contribution >= 0.6 is 0 Å². The minimum absolute atomic E-state index is 0.209. The summed E-state index contributed by atoms with van der Waals surface area (Å²) in [5, 5.41) is 9.28. The number of nitrogens with zero attached hydrogens (tertiary/aromatic N) is 1. The van der Waals surface area contributed by atoms with Gasteiger partial charge in [0.15, 0.2) is 5.76 Å². The van der Waals surface area contributed by atoms with E-state index in [-0.39, 0.29) is 12.3 Å². The first-order valence-corrected chi connectivity index (χ1v) is 6.95. The maximum atomic E-state index is 11.1. The molecule has 0 saturated carbocycles. The third-order valence-corrected chi connectivity index (χ3v) is 3.66. The molecule has 0 aliphatic rings. The van der Waals surface area contributed by atoms with Crippen molar-refractivity contribution < 1.29 is 9.21 Å². The van der Waals surface area contributed by atoms with Crippen LogP contribution in [0.4, 0.5) is 0 Å². The third-order valence-electron chi connectivity index (χ3n) is 3.66. The monoisotopic (exact) mass is 291 g/mol. The van der Waals surface area contributed by atoms with Gasteiger partial charge in [-0.25, -0.2) is 0 Å². The lowest BCUT2D eigenvalue weighted by atomic mass is 10.1. The highest BCUT2D eigenvalue weighted by molar-refractivity contribution is 5.95. The summed E-state index contributed by atoms with van der Waals surface area (Å²) in [5.41, 5.74) is 8.57. The number of benzene rings is 2. The van der Waals surface area contributed by atoms with Crippen molar-refractivity contribution in [1.29, 1.82) is 0 Å². The molecule has 0 saturated heterocycles. The number of carbonyl (C=O) groups is 1. The average Bonchev–Trinajstić information content (AvgIpc) is 3.09. The second-order valence-corrected chi connectivity index (χ2v) is 5.24. The van der Waals surface area contributed by atoms with Crippen LogP contribution in [0.2, 0.25) is 0 Å². The lowest BCUT2D eigenvalue weighted by Crippen LogP contribution is -2.13. The van der Waals surface area contributed by atoms with E-state index in [1.807, 2.05) is 48.5 Å². The maximum Gasteiger partial charge on any atom is 0.221 e. The second-order valence-electron chi connectivity index (χ2n) is 5.24. The summed E-state index contributed by atoms with van der Waals surface area (Å²) in [6.45, 7) is 0. The number of rotatable bonds is 3. The largest absolute Gasteiger partial charge is 0.454 e. The van der Waals surface area contributed by atoms with Crippen molar-refractivity contribution >= 4 is 27.8 Å². The number of amides is 1. The van der Waals surface area contributed by atoms with Crippen molar-refractivity contribution in [2.45, 2.75) is 6.42 Å². The van der Waals surface area contributed by atoms with E-state index in [1.165, 1.54) is 0 Å². The molecular formula is C17H13N3O2. The third kappa shape index (κ3) is 2.03. The van der Waals surface area contributed by atoms with Crippen molar-refractivity contribution in [3.05, 3.63) is 54.1 Å². The molecule has 2 aromatic heterocycles. The summed E-state index contributed by atoms with van der Waals surface area (Å²) in [4.78, 5) is 11.1. The van der Waals surface area contributed by atoms with Gasteiger partial charge in [-0.3, -0.25) is 9.89 Å². The number of hydrogen-bond donors (Lipinski definition) is 2. The van der Waals surface area contributed by atoms with Gasteiger partial charge < -0.3 is 10.2 Å². The molecule has 0 unspecified atom stereocenters. The number of furan rings is 1. The van der Waals surface area contributed by atoms with Crippen LogP contribution in [0.1, 0.15) is 5.56 Å². The van der Waals surface area contributed by atoms with Crippen LogP contribution in [0, 0.1) is 0 Å². The first-order valence-electron chi connectivity index (χ1n) is 6.95. The molecule has 4 aromatic rings. The molecule has 0 bridgehead atoms. The Kier molecular flexibility index (Phi) is 2.72. The SMILES string of the molecule is NC(=O)Cc1ccc2[nH]nc(-c3cc4ccccc4o3)c2c1. The first-order chi connectivity index (χ1) is 10.7. The van der Waals surface area contributed by atoms with Crippen molar-refractivity contribution in [2.24, 2.45) is 5.73 Å². The van der Waals surface area contributed by atoms with Gasteiger partial charge in [0.25, 0.3) is 0 Å². The summed E-state index contributed by atoms with van der Waals surface area (Å²) < 4.78 is 5.87. The van der Waals surface area contributed by atoms with Crippen LogP contribution in [0.3, 0.4) is 0 Å². The molecule has 1 amide bonds. The molecule has 2 heterocycles. The van der Waals surface area contributed by atoms with Crippen LogP contribution in [0.15, 0.2) is 52.9 Å². The minimum Gasteiger partial charge on any atom is -0.454 e. The molecule has 4 rings (SSSR count). The Morgan fingerprint density at radius 1 is 1.18 bits per heavy atom. The molecule has 0 aliphatic carbocycles. The topological polar surface area (TPSA) is 84.9 Å². The van der Waals surface area contributed by atoms with Crippen LogP contribution in [-0.4, -0.2) is 16.1 Å². The van der Waals surface area contributed by atoms with E-state index in [0.717, 1.165) is 33.1 Å². The Labute approximate surface area is 125 Å². The predicted molar refractivity (Wildman–Crippen MR) is 84.2 cm³/mol. The fourth-order valence-corrected chi connectivity index (χ4v) is 2.66. The zero-order valence-corrected chi connectivity index (χ0v) is 11.7. The van der Waals surface area contributed by atoms with Gasteiger partial charge in [-0.2, -0.15) is 5.10 Å². The molecule has 22 heavy (non-hydrogen) atoms. The molecule has 5 nitrogen and oxygen atoms in total. The van der Waals surface area contributed by atoms with Crippen molar-refractivity contribution in [1.82, 2.24) is 10.2 Å². The van der Waals surface area contributed by atoms with Gasteiger partial charge in [0.1, 0.15) is 11.3 Å². The summed E-state index contributed by atoms with van der Waals surface area (Å²) in [7, 11) is 0. The Morgan fingerprint density at radius 3 is 2.86 bits per heavy atom. The molecule has 0 aliphatic heterocycles. The standard InChI is InChI=1S/C17H13N3O2/c18-16(21)8-10-5-6-13-12(7-10)17(20-19-13)15-9-11-3-1-2-4-14(11)22-15/h1-7,9H,8H2,(H2,18,21)(H,19,20). The number of nitrogens with one attached hydrogen (secondary N) is 1. The molecule has 5 heteroatoms. The summed E-state index contributed by atoms with van der Waals surface area (Å²) in [6.07, 6.45) is 0.209. The summed E-state index contributed by atoms with van der Waals surface area (Å²) in [6, 6.07) is 15.5. The molecular weight excluding hydrogens is 278 g/mol. The van der Waals surface area contributed by atoms with E-state index < -0.39 is 0 Å². The molecule has 0 spiro atoms. The van der Waals surface area contributed by atoms with Gasteiger partial charge in [0, 0.05) is 10.8 Å². The maximum absolute atomic E-state index is 11.1. The lowest BCUT2D eigenvalue weighted by Gasteiger charge is -1.98. The lowest BCUT2D eigenvalue weighted by molar-refractivity contribution is -0.117. The number of primary amides is 1. The van der Waals surface area contributed by atoms with Crippen LogP contribution in [-0.2, 0) is 11.2 Å². The van der Waals surface area contributed by atoms with E-state index in [4.69, 9.17) is 10.2 Å². The highest BCUT2D eigenvalue weighted by atomic mass is 16.3. The number of carbonyl (C=O) groups excluding carboxylic acids is 1. The smallest absolute Gasteiger partial charge is 0.221 e. The molecule has 0 radical (unpaired) electrons. The second kappa shape index (κ2) is 4.73.